The number of aryl methyl sites for hydroxylation is 2. The predicted octanol–water partition coefficient (Wildman–Crippen LogP) is 2.37. The van der Waals surface area contributed by atoms with Gasteiger partial charge >= 0.3 is 6.03 Å². The lowest BCUT2D eigenvalue weighted by molar-refractivity contribution is -0.133. The number of nitrogens with one attached hydrogen (secondary N) is 2. The summed E-state index contributed by atoms with van der Waals surface area (Å²) in [6.07, 6.45) is 1.67. The first-order chi connectivity index (χ1) is 14.8. The van der Waals surface area contributed by atoms with Crippen LogP contribution in [0.1, 0.15) is 16.7 Å². The highest BCUT2D eigenvalue weighted by molar-refractivity contribution is 6.05. The van der Waals surface area contributed by atoms with E-state index in [2.05, 4.69) is 10.7 Å². The number of carbonyl (C=O) groups excluding carboxylic acids is 3. The van der Waals surface area contributed by atoms with Gasteiger partial charge in [0.05, 0.1) is 12.2 Å². The zero-order chi connectivity index (χ0) is 22.1. The molecule has 1 saturated heterocycles. The first kappa shape index (κ1) is 20.6. The highest BCUT2D eigenvalue weighted by atomic mass is 16.2. The Hall–Kier alpha value is -3.65. The van der Waals surface area contributed by atoms with Gasteiger partial charge in [0.25, 0.3) is 5.91 Å². The number of hydrogen-bond acceptors (Lipinski definition) is 5. The van der Waals surface area contributed by atoms with E-state index in [1.807, 2.05) is 62.4 Å². The summed E-state index contributed by atoms with van der Waals surface area (Å²) in [4.78, 5) is 41.6. The van der Waals surface area contributed by atoms with Crippen LogP contribution in [0.4, 0.5) is 10.5 Å². The average Bonchev–Trinajstić information content (AvgIpc) is 3.13. The molecule has 2 aliphatic rings. The summed E-state index contributed by atoms with van der Waals surface area (Å²) >= 11 is 0. The molecule has 0 aliphatic carbocycles. The highest BCUT2D eigenvalue weighted by Crippen LogP contribution is 2.27. The van der Waals surface area contributed by atoms with Crippen molar-refractivity contribution >= 4 is 23.5 Å². The SMILES string of the molecule is Cc1ccc(NC(=O)CN2C(=O)N(Cc3ccccc3)C(=O)C3NN(C)C=C32)c(C)c1. The maximum absolute atomic E-state index is 13.3. The maximum Gasteiger partial charge on any atom is 0.331 e. The molecule has 8 nitrogen and oxygen atoms in total. The van der Waals surface area contributed by atoms with Crippen molar-refractivity contribution in [1.29, 1.82) is 0 Å². The molecule has 31 heavy (non-hydrogen) atoms. The van der Waals surface area contributed by atoms with E-state index >= 15 is 0 Å². The second-order valence-corrected chi connectivity index (χ2v) is 7.87. The Labute approximate surface area is 181 Å². The van der Waals surface area contributed by atoms with Crippen LogP contribution in [0.3, 0.4) is 0 Å². The van der Waals surface area contributed by atoms with Crippen molar-refractivity contribution in [2.45, 2.75) is 26.4 Å². The highest BCUT2D eigenvalue weighted by Gasteiger charge is 2.46. The Bertz CT molecular complexity index is 1070. The van der Waals surface area contributed by atoms with Gasteiger partial charge in [-0.1, -0.05) is 48.0 Å². The van der Waals surface area contributed by atoms with Gasteiger partial charge in [-0.25, -0.2) is 10.2 Å². The number of imide groups is 1. The zero-order valence-electron chi connectivity index (χ0n) is 17.8. The normalized spacial score (nSPS) is 18.2. The molecule has 0 saturated carbocycles. The summed E-state index contributed by atoms with van der Waals surface area (Å²) in [7, 11) is 1.75. The molecule has 2 aromatic rings. The number of nitrogens with zero attached hydrogens (tertiary/aromatic N) is 3. The second kappa shape index (κ2) is 8.23. The van der Waals surface area contributed by atoms with E-state index in [0.29, 0.717) is 11.4 Å². The molecule has 160 valence electrons. The molecule has 0 bridgehead atoms. The summed E-state index contributed by atoms with van der Waals surface area (Å²) in [5.41, 5.74) is 7.08. The predicted molar refractivity (Wildman–Crippen MR) is 116 cm³/mol. The van der Waals surface area contributed by atoms with Gasteiger partial charge in [-0.05, 0) is 31.0 Å². The summed E-state index contributed by atoms with van der Waals surface area (Å²) in [5.74, 6) is -0.668. The number of hydrogen-bond donors (Lipinski definition) is 2. The van der Waals surface area contributed by atoms with E-state index in [4.69, 9.17) is 0 Å². The number of rotatable bonds is 5. The number of urea groups is 1. The fourth-order valence-electron chi connectivity index (χ4n) is 3.85. The largest absolute Gasteiger partial charge is 0.331 e. The molecular weight excluding hydrogens is 394 g/mol. The van der Waals surface area contributed by atoms with Gasteiger partial charge in [-0.15, -0.1) is 0 Å². The third-order valence-electron chi connectivity index (χ3n) is 5.38. The van der Waals surface area contributed by atoms with Crippen LogP contribution in [0.2, 0.25) is 0 Å². The molecule has 2 heterocycles. The molecule has 1 atom stereocenters. The molecule has 0 aromatic heterocycles. The van der Waals surface area contributed by atoms with Gasteiger partial charge in [-0.3, -0.25) is 19.4 Å². The minimum atomic E-state index is -0.708. The Balaban J connectivity index is 1.56. The van der Waals surface area contributed by atoms with Gasteiger partial charge in [0.1, 0.15) is 12.6 Å². The third kappa shape index (κ3) is 4.15. The maximum atomic E-state index is 13.3. The van der Waals surface area contributed by atoms with E-state index in [1.165, 1.54) is 9.80 Å². The summed E-state index contributed by atoms with van der Waals surface area (Å²) in [6, 6.07) is 13.8. The van der Waals surface area contributed by atoms with Crippen molar-refractivity contribution in [1.82, 2.24) is 20.2 Å². The van der Waals surface area contributed by atoms with Crippen molar-refractivity contribution in [3.05, 3.63) is 77.1 Å². The van der Waals surface area contributed by atoms with Crippen molar-refractivity contribution in [2.75, 3.05) is 18.9 Å². The summed E-state index contributed by atoms with van der Waals surface area (Å²) < 4.78 is 0. The monoisotopic (exact) mass is 419 g/mol. The minimum absolute atomic E-state index is 0.142. The van der Waals surface area contributed by atoms with Crippen LogP contribution in [-0.2, 0) is 16.1 Å². The molecule has 1 fully saturated rings. The summed E-state index contributed by atoms with van der Waals surface area (Å²) in [5, 5.41) is 4.51. The van der Waals surface area contributed by atoms with Crippen molar-refractivity contribution < 1.29 is 14.4 Å². The molecule has 8 heteroatoms. The Morgan fingerprint density at radius 3 is 2.52 bits per heavy atom. The quantitative estimate of drug-likeness (QED) is 0.777. The Morgan fingerprint density at radius 1 is 1.06 bits per heavy atom. The molecule has 4 amide bonds. The fraction of sp³-hybridized carbons (Fsp3) is 0.261. The molecule has 0 radical (unpaired) electrons. The van der Waals surface area contributed by atoms with Crippen molar-refractivity contribution in [3.63, 3.8) is 0 Å². The smallest absolute Gasteiger partial charge is 0.324 e. The van der Waals surface area contributed by atoms with E-state index < -0.39 is 12.1 Å². The molecular formula is C23H25N5O3. The van der Waals surface area contributed by atoms with Gasteiger partial charge in [0.2, 0.25) is 5.91 Å². The molecule has 0 spiro atoms. The van der Waals surface area contributed by atoms with Crippen LogP contribution in [0, 0.1) is 13.8 Å². The molecule has 2 aliphatic heterocycles. The first-order valence-corrected chi connectivity index (χ1v) is 10.1. The molecule has 4 rings (SSSR count). The van der Waals surface area contributed by atoms with Crippen LogP contribution in [0.25, 0.3) is 0 Å². The van der Waals surface area contributed by atoms with E-state index in [9.17, 15) is 14.4 Å². The lowest BCUT2D eigenvalue weighted by Crippen LogP contribution is -2.60. The number of fused-ring (bicyclic) bond motifs is 1. The van der Waals surface area contributed by atoms with E-state index in [0.717, 1.165) is 16.7 Å². The van der Waals surface area contributed by atoms with E-state index in [1.54, 1.807) is 18.3 Å². The van der Waals surface area contributed by atoms with Crippen molar-refractivity contribution in [3.8, 4) is 0 Å². The lowest BCUT2D eigenvalue weighted by atomic mass is 10.1. The van der Waals surface area contributed by atoms with Crippen LogP contribution < -0.4 is 10.7 Å². The first-order valence-electron chi connectivity index (χ1n) is 10.1. The third-order valence-corrected chi connectivity index (χ3v) is 5.38. The average molecular weight is 419 g/mol. The van der Waals surface area contributed by atoms with Gasteiger partial charge < -0.3 is 10.3 Å². The van der Waals surface area contributed by atoms with Crippen LogP contribution in [-0.4, -0.2) is 52.3 Å². The Morgan fingerprint density at radius 2 is 1.81 bits per heavy atom. The second-order valence-electron chi connectivity index (χ2n) is 7.87. The standard InChI is InChI=1S/C23H25N5O3/c1-15-9-10-18(16(2)11-15)24-20(29)14-27-19-13-26(3)25-21(19)22(30)28(23(27)31)12-17-7-5-4-6-8-17/h4-11,13,21,25H,12,14H2,1-3H3,(H,24,29). The zero-order valence-corrected chi connectivity index (χ0v) is 17.8. The van der Waals surface area contributed by atoms with Crippen LogP contribution in [0.15, 0.2) is 60.4 Å². The lowest BCUT2D eigenvalue weighted by Gasteiger charge is -2.37. The van der Waals surface area contributed by atoms with Gasteiger partial charge in [-0.2, -0.15) is 0 Å². The van der Waals surface area contributed by atoms with Crippen molar-refractivity contribution in [2.24, 2.45) is 0 Å². The topological polar surface area (TPSA) is 85.0 Å². The molecule has 2 aromatic carbocycles. The number of benzene rings is 2. The number of amides is 4. The van der Waals surface area contributed by atoms with Gasteiger partial charge in [0, 0.05) is 18.9 Å². The minimum Gasteiger partial charge on any atom is -0.324 e. The number of carbonyl (C=O) groups is 3. The van der Waals surface area contributed by atoms with Crippen LogP contribution in [0.5, 0.6) is 0 Å². The van der Waals surface area contributed by atoms with Crippen LogP contribution >= 0.6 is 0 Å². The van der Waals surface area contributed by atoms with Gasteiger partial charge in [0.15, 0.2) is 0 Å². The Kier molecular flexibility index (Phi) is 5.48. The molecule has 1 unspecified atom stereocenters. The number of anilines is 1. The number of hydrazine groups is 1. The molecule has 2 N–H and O–H groups in total. The summed E-state index contributed by atoms with van der Waals surface area (Å²) in [6.45, 7) is 3.86. The fourth-order valence-corrected chi connectivity index (χ4v) is 3.85. The van der Waals surface area contributed by atoms with E-state index in [-0.39, 0.29) is 24.9 Å².